The Kier molecular flexibility index (Phi) is 3.78. The quantitative estimate of drug-likeness (QED) is 0.913. The molecule has 1 aliphatic rings. The Bertz CT molecular complexity index is 550. The highest BCUT2D eigenvalue weighted by Crippen LogP contribution is 2.20. The molecule has 2 N–H and O–H groups in total. The number of nitrogens with two attached hydrogens (primary N) is 1. The molecule has 0 saturated carbocycles. The standard InChI is InChI=1S/C16H20N2O/c17-10-15-12-18(8-9-19-15)11-14-6-3-5-13-4-1-2-7-16(13)14/h1-7,15H,8-12,17H2. The van der Waals surface area contributed by atoms with E-state index in [0.29, 0.717) is 6.54 Å². The first kappa shape index (κ1) is 12.6. The number of hydrogen-bond acceptors (Lipinski definition) is 3. The van der Waals surface area contributed by atoms with Crippen molar-refractivity contribution >= 4 is 10.8 Å². The van der Waals surface area contributed by atoms with Gasteiger partial charge in [0.2, 0.25) is 0 Å². The van der Waals surface area contributed by atoms with Crippen molar-refractivity contribution < 1.29 is 4.74 Å². The molecule has 1 heterocycles. The molecule has 1 saturated heterocycles. The molecule has 0 radical (unpaired) electrons. The Hall–Kier alpha value is -1.42. The van der Waals surface area contributed by atoms with Crippen molar-refractivity contribution in [1.82, 2.24) is 4.90 Å². The number of fused-ring (bicyclic) bond motifs is 1. The van der Waals surface area contributed by atoms with Gasteiger partial charge in [-0.15, -0.1) is 0 Å². The summed E-state index contributed by atoms with van der Waals surface area (Å²) < 4.78 is 5.62. The normalized spacial score (nSPS) is 20.8. The molecule has 3 heteroatoms. The predicted molar refractivity (Wildman–Crippen MR) is 78.0 cm³/mol. The maximum Gasteiger partial charge on any atom is 0.0824 e. The third-order valence-electron chi connectivity index (χ3n) is 3.76. The SMILES string of the molecule is NCC1CN(Cc2cccc3ccccc23)CCO1. The van der Waals surface area contributed by atoms with Crippen LogP contribution in [0.4, 0.5) is 0 Å². The lowest BCUT2D eigenvalue weighted by molar-refractivity contribution is -0.0259. The molecule has 100 valence electrons. The van der Waals surface area contributed by atoms with Gasteiger partial charge in [-0.1, -0.05) is 42.5 Å². The van der Waals surface area contributed by atoms with Crippen molar-refractivity contribution in [2.75, 3.05) is 26.2 Å². The summed E-state index contributed by atoms with van der Waals surface area (Å²) in [6.07, 6.45) is 0.184. The fourth-order valence-electron chi connectivity index (χ4n) is 2.74. The molecule has 0 spiro atoms. The van der Waals surface area contributed by atoms with Gasteiger partial charge in [0.05, 0.1) is 12.7 Å². The van der Waals surface area contributed by atoms with Crippen LogP contribution in [0.25, 0.3) is 10.8 Å². The molecule has 3 nitrogen and oxygen atoms in total. The van der Waals surface area contributed by atoms with E-state index in [1.807, 2.05) is 0 Å². The van der Waals surface area contributed by atoms with Gasteiger partial charge in [-0.25, -0.2) is 0 Å². The van der Waals surface area contributed by atoms with Crippen molar-refractivity contribution in [3.05, 3.63) is 48.0 Å². The number of nitrogens with zero attached hydrogens (tertiary/aromatic N) is 1. The van der Waals surface area contributed by atoms with Crippen LogP contribution in [0.15, 0.2) is 42.5 Å². The average molecular weight is 256 g/mol. The van der Waals surface area contributed by atoms with Crippen LogP contribution in [0.3, 0.4) is 0 Å². The first-order valence-electron chi connectivity index (χ1n) is 6.87. The second-order valence-corrected chi connectivity index (χ2v) is 5.10. The summed E-state index contributed by atoms with van der Waals surface area (Å²) in [5, 5.41) is 2.66. The van der Waals surface area contributed by atoms with E-state index < -0.39 is 0 Å². The minimum atomic E-state index is 0.184. The maximum atomic E-state index is 5.70. The smallest absolute Gasteiger partial charge is 0.0824 e. The molecule has 0 aliphatic carbocycles. The summed E-state index contributed by atoms with van der Waals surface area (Å²) in [6.45, 7) is 4.28. The third-order valence-corrected chi connectivity index (χ3v) is 3.76. The van der Waals surface area contributed by atoms with Crippen molar-refractivity contribution in [3.63, 3.8) is 0 Å². The van der Waals surface area contributed by atoms with Crippen molar-refractivity contribution in [2.45, 2.75) is 12.6 Å². The molecule has 0 amide bonds. The number of benzene rings is 2. The van der Waals surface area contributed by atoms with E-state index in [1.54, 1.807) is 0 Å². The van der Waals surface area contributed by atoms with Crippen LogP contribution in [0.5, 0.6) is 0 Å². The lowest BCUT2D eigenvalue weighted by Crippen LogP contribution is -2.45. The zero-order valence-electron chi connectivity index (χ0n) is 11.1. The Morgan fingerprint density at radius 1 is 1.16 bits per heavy atom. The van der Waals surface area contributed by atoms with Crippen molar-refractivity contribution in [3.8, 4) is 0 Å². The lowest BCUT2D eigenvalue weighted by Gasteiger charge is -2.32. The topological polar surface area (TPSA) is 38.5 Å². The van der Waals surface area contributed by atoms with Crippen molar-refractivity contribution in [2.24, 2.45) is 5.73 Å². The second kappa shape index (κ2) is 5.70. The molecule has 0 aromatic heterocycles. The second-order valence-electron chi connectivity index (χ2n) is 5.10. The van der Waals surface area contributed by atoms with Crippen LogP contribution >= 0.6 is 0 Å². The highest BCUT2D eigenvalue weighted by molar-refractivity contribution is 5.85. The van der Waals surface area contributed by atoms with Gasteiger partial charge in [0.25, 0.3) is 0 Å². The van der Waals surface area contributed by atoms with Crippen molar-refractivity contribution in [1.29, 1.82) is 0 Å². The monoisotopic (exact) mass is 256 g/mol. The largest absolute Gasteiger partial charge is 0.374 e. The number of rotatable bonds is 3. The van der Waals surface area contributed by atoms with Gasteiger partial charge in [-0.05, 0) is 16.3 Å². The van der Waals surface area contributed by atoms with E-state index in [0.717, 1.165) is 26.2 Å². The first-order valence-corrected chi connectivity index (χ1v) is 6.87. The Labute approximate surface area is 114 Å². The van der Waals surface area contributed by atoms with Crippen LogP contribution in [0.2, 0.25) is 0 Å². The molecule has 1 fully saturated rings. The van der Waals surface area contributed by atoms with Crippen LogP contribution in [-0.2, 0) is 11.3 Å². The molecule has 0 bridgehead atoms. The van der Waals surface area contributed by atoms with Gasteiger partial charge in [0.1, 0.15) is 0 Å². The Morgan fingerprint density at radius 2 is 2.00 bits per heavy atom. The summed E-state index contributed by atoms with van der Waals surface area (Å²) in [4.78, 5) is 2.43. The first-order chi connectivity index (χ1) is 9.36. The van der Waals surface area contributed by atoms with E-state index >= 15 is 0 Å². The summed E-state index contributed by atoms with van der Waals surface area (Å²) in [7, 11) is 0. The zero-order valence-corrected chi connectivity index (χ0v) is 11.1. The predicted octanol–water partition coefficient (Wildman–Crippen LogP) is 2.00. The molecule has 2 aromatic carbocycles. The molecule has 1 atom stereocenters. The van der Waals surface area contributed by atoms with Crippen LogP contribution in [-0.4, -0.2) is 37.2 Å². The van der Waals surface area contributed by atoms with E-state index in [4.69, 9.17) is 10.5 Å². The summed E-state index contributed by atoms with van der Waals surface area (Å²) >= 11 is 0. The molecular weight excluding hydrogens is 236 g/mol. The minimum absolute atomic E-state index is 0.184. The Balaban J connectivity index is 1.81. The highest BCUT2D eigenvalue weighted by Gasteiger charge is 2.19. The molecule has 1 aliphatic heterocycles. The van der Waals surface area contributed by atoms with E-state index in [1.165, 1.54) is 16.3 Å². The van der Waals surface area contributed by atoms with Crippen LogP contribution in [0.1, 0.15) is 5.56 Å². The molecule has 19 heavy (non-hydrogen) atoms. The van der Waals surface area contributed by atoms with E-state index in [9.17, 15) is 0 Å². The number of morpholine rings is 1. The van der Waals surface area contributed by atoms with Crippen LogP contribution in [0, 0.1) is 0 Å². The maximum absolute atomic E-state index is 5.70. The van der Waals surface area contributed by atoms with Gasteiger partial charge in [0, 0.05) is 26.2 Å². The fourth-order valence-corrected chi connectivity index (χ4v) is 2.74. The summed E-state index contributed by atoms with van der Waals surface area (Å²) in [6, 6.07) is 15.1. The molecular formula is C16H20N2O. The van der Waals surface area contributed by atoms with Crippen LogP contribution < -0.4 is 5.73 Å². The highest BCUT2D eigenvalue weighted by atomic mass is 16.5. The van der Waals surface area contributed by atoms with E-state index in [-0.39, 0.29) is 6.10 Å². The molecule has 1 unspecified atom stereocenters. The average Bonchev–Trinajstić information content (AvgIpc) is 2.48. The number of hydrogen-bond donors (Lipinski definition) is 1. The minimum Gasteiger partial charge on any atom is -0.374 e. The summed E-state index contributed by atoms with van der Waals surface area (Å²) in [5.41, 5.74) is 7.08. The van der Waals surface area contributed by atoms with Gasteiger partial charge >= 0.3 is 0 Å². The van der Waals surface area contributed by atoms with Gasteiger partial charge in [-0.2, -0.15) is 0 Å². The lowest BCUT2D eigenvalue weighted by atomic mass is 10.0. The third kappa shape index (κ3) is 2.78. The zero-order chi connectivity index (χ0) is 13.1. The van der Waals surface area contributed by atoms with Gasteiger partial charge < -0.3 is 10.5 Å². The molecule has 3 rings (SSSR count). The fraction of sp³-hybridized carbons (Fsp3) is 0.375. The van der Waals surface area contributed by atoms with Gasteiger partial charge in [-0.3, -0.25) is 4.90 Å². The van der Waals surface area contributed by atoms with Gasteiger partial charge in [0.15, 0.2) is 0 Å². The molecule has 2 aromatic rings. The van der Waals surface area contributed by atoms with E-state index in [2.05, 4.69) is 47.4 Å². The number of ether oxygens (including phenoxy) is 1. The summed E-state index contributed by atoms with van der Waals surface area (Å²) in [5.74, 6) is 0. The Morgan fingerprint density at radius 3 is 2.89 bits per heavy atom.